The van der Waals surface area contributed by atoms with Gasteiger partial charge in [0.2, 0.25) is 0 Å². The van der Waals surface area contributed by atoms with Crippen LogP contribution in [0.2, 0.25) is 0 Å². The molecule has 158 valence electrons. The zero-order valence-corrected chi connectivity index (χ0v) is 18.6. The minimum atomic E-state index is -1.34. The first-order valence-electron chi connectivity index (χ1n) is 9.42. The Morgan fingerprint density at radius 1 is 0.759 bits per heavy atom. The smallest absolute Gasteiger partial charge is 0.169 e. The summed E-state index contributed by atoms with van der Waals surface area (Å²) >= 11 is 0. The molecule has 0 fully saturated rings. The summed E-state index contributed by atoms with van der Waals surface area (Å²) in [6.07, 6.45) is 7.04. The lowest BCUT2D eigenvalue weighted by Crippen LogP contribution is -1.99. The van der Waals surface area contributed by atoms with Gasteiger partial charge in [0.05, 0.1) is 0 Å². The lowest BCUT2D eigenvalue weighted by atomic mass is 9.98. The fourth-order valence-corrected chi connectivity index (χ4v) is 1.71. The van der Waals surface area contributed by atoms with Crippen molar-refractivity contribution in [3.05, 3.63) is 108 Å². The van der Waals surface area contributed by atoms with Crippen molar-refractivity contribution in [1.82, 2.24) is 0 Å². The Hall–Kier alpha value is -2.81. The number of carbonyl (C=O) groups is 1. The van der Waals surface area contributed by atoms with Crippen molar-refractivity contribution in [3.63, 3.8) is 0 Å². The third kappa shape index (κ3) is 10.3. The molecule has 0 amide bonds. The molecule has 0 radical (unpaired) electrons. The maximum absolute atomic E-state index is 14.1. The summed E-state index contributed by atoms with van der Waals surface area (Å²) in [4.78, 5) is 11.1. The number of Topliss-reactive ketones (excluding diaryl/α,β-unsaturated/α-hetero) is 1. The largest absolute Gasteiger partial charge is 0.294 e. The van der Waals surface area contributed by atoms with Crippen LogP contribution < -0.4 is 0 Å². The van der Waals surface area contributed by atoms with Gasteiger partial charge in [-0.1, -0.05) is 90.5 Å². The van der Waals surface area contributed by atoms with Gasteiger partial charge in [-0.2, -0.15) is 0 Å². The van der Waals surface area contributed by atoms with Crippen LogP contribution in [0.15, 0.2) is 108 Å². The Morgan fingerprint density at radius 3 is 1.52 bits per heavy atom. The van der Waals surface area contributed by atoms with Gasteiger partial charge in [-0.15, -0.1) is 0 Å². The summed E-state index contributed by atoms with van der Waals surface area (Å²) in [5.74, 6) is -3.26. The fraction of sp³-hybridized carbons (Fsp3) is 0.269. The van der Waals surface area contributed by atoms with Gasteiger partial charge in [-0.25, -0.2) is 8.78 Å². The first-order valence-corrected chi connectivity index (χ1v) is 9.42. The SMILES string of the molecule is C=C(/C=C(/C)C(=C)C(=C)/C=C\C(=C)C(=C)/C(F)=C(/F)C(=C)C(C)=O)CC.CCC. The highest BCUT2D eigenvalue weighted by Crippen LogP contribution is 2.27. The van der Waals surface area contributed by atoms with Gasteiger partial charge < -0.3 is 0 Å². The van der Waals surface area contributed by atoms with Crippen molar-refractivity contribution >= 4 is 5.78 Å². The van der Waals surface area contributed by atoms with E-state index in [9.17, 15) is 13.6 Å². The van der Waals surface area contributed by atoms with E-state index in [0.29, 0.717) is 11.1 Å². The molecule has 0 saturated carbocycles. The molecular formula is C26H34F2O. The van der Waals surface area contributed by atoms with Crippen LogP contribution in [0, 0.1) is 0 Å². The zero-order valence-electron chi connectivity index (χ0n) is 18.6. The molecule has 0 aliphatic heterocycles. The maximum Gasteiger partial charge on any atom is 0.169 e. The van der Waals surface area contributed by atoms with E-state index < -0.39 is 23.0 Å². The quantitative estimate of drug-likeness (QED) is 0.266. The molecule has 0 aliphatic rings. The van der Waals surface area contributed by atoms with Crippen LogP contribution >= 0.6 is 0 Å². The minimum absolute atomic E-state index is 0.141. The number of hydrogen-bond acceptors (Lipinski definition) is 1. The molecule has 0 bridgehead atoms. The van der Waals surface area contributed by atoms with Gasteiger partial charge in [0.1, 0.15) is 0 Å². The minimum Gasteiger partial charge on any atom is -0.294 e. The topological polar surface area (TPSA) is 17.1 Å². The van der Waals surface area contributed by atoms with Crippen LogP contribution in [0.3, 0.4) is 0 Å². The summed E-state index contributed by atoms with van der Waals surface area (Å²) in [5.41, 5.74) is 2.48. The third-order valence-corrected chi connectivity index (χ3v) is 3.76. The van der Waals surface area contributed by atoms with Crippen molar-refractivity contribution in [1.29, 1.82) is 0 Å². The summed E-state index contributed by atoms with van der Waals surface area (Å²) in [6.45, 7) is 31.4. The molecule has 0 aromatic carbocycles. The van der Waals surface area contributed by atoms with Crippen molar-refractivity contribution in [2.24, 2.45) is 0 Å². The second-order valence-corrected chi connectivity index (χ2v) is 6.55. The Morgan fingerprint density at radius 2 is 1.14 bits per heavy atom. The van der Waals surface area contributed by atoms with Crippen LogP contribution in [0.4, 0.5) is 8.78 Å². The number of hydrogen-bond donors (Lipinski definition) is 0. The fourth-order valence-electron chi connectivity index (χ4n) is 1.71. The number of carbonyl (C=O) groups excluding carboxylic acids is 1. The van der Waals surface area contributed by atoms with E-state index in [-0.39, 0.29) is 11.1 Å². The predicted octanol–water partition coefficient (Wildman–Crippen LogP) is 8.39. The number of halogens is 2. The summed E-state index contributed by atoms with van der Waals surface area (Å²) in [6, 6.07) is 0. The highest BCUT2D eigenvalue weighted by molar-refractivity contribution is 5.96. The standard InChI is InChI=1S/C23H26F2O.C3H8/c1-10-14(2)13-17(5)18(6)15(3)11-12-16(4)19(7)22(24)23(25)20(8)21(9)26;1-3-2/h11-13H,2-4,6-8,10H2,1,5,9H3;3H2,1-2H3/b12-11-,17-13-,23-22-;. The molecule has 0 heterocycles. The Kier molecular flexibility index (Phi) is 13.9. The summed E-state index contributed by atoms with van der Waals surface area (Å²) in [5, 5.41) is 0. The molecule has 0 atom stereocenters. The van der Waals surface area contributed by atoms with Crippen LogP contribution in [0.5, 0.6) is 0 Å². The van der Waals surface area contributed by atoms with Gasteiger partial charge in [-0.05, 0) is 42.6 Å². The van der Waals surface area contributed by atoms with Gasteiger partial charge in [0.25, 0.3) is 0 Å². The molecule has 0 aromatic rings. The van der Waals surface area contributed by atoms with Crippen LogP contribution in [-0.2, 0) is 4.79 Å². The van der Waals surface area contributed by atoms with E-state index in [4.69, 9.17) is 0 Å². The Bertz CT molecular complexity index is 799. The average molecular weight is 401 g/mol. The lowest BCUT2D eigenvalue weighted by Gasteiger charge is -2.08. The molecular weight excluding hydrogens is 366 g/mol. The highest BCUT2D eigenvalue weighted by atomic mass is 19.2. The van der Waals surface area contributed by atoms with Crippen molar-refractivity contribution in [2.75, 3.05) is 0 Å². The second kappa shape index (κ2) is 14.2. The molecule has 0 saturated heterocycles. The predicted molar refractivity (Wildman–Crippen MR) is 124 cm³/mol. The van der Waals surface area contributed by atoms with E-state index in [1.54, 1.807) is 6.08 Å². The summed E-state index contributed by atoms with van der Waals surface area (Å²) < 4.78 is 27.9. The van der Waals surface area contributed by atoms with Gasteiger partial charge in [0, 0.05) is 11.1 Å². The zero-order chi connectivity index (χ0) is 23.3. The first kappa shape index (κ1) is 28.4. The number of allylic oxidation sites excluding steroid dienone is 12. The molecule has 29 heavy (non-hydrogen) atoms. The van der Waals surface area contributed by atoms with Crippen LogP contribution in [0.25, 0.3) is 0 Å². The molecule has 3 heteroatoms. The molecule has 0 N–H and O–H groups in total. The molecule has 0 aliphatic carbocycles. The van der Waals surface area contributed by atoms with E-state index in [2.05, 4.69) is 53.3 Å². The maximum atomic E-state index is 14.1. The Balaban J connectivity index is 0. The van der Waals surface area contributed by atoms with Crippen molar-refractivity contribution in [3.8, 4) is 0 Å². The second-order valence-electron chi connectivity index (χ2n) is 6.55. The van der Waals surface area contributed by atoms with Crippen LogP contribution in [-0.4, -0.2) is 5.78 Å². The summed E-state index contributed by atoms with van der Waals surface area (Å²) in [7, 11) is 0. The molecule has 0 unspecified atom stereocenters. The average Bonchev–Trinajstić information content (AvgIpc) is 2.68. The first-order chi connectivity index (χ1) is 13.3. The van der Waals surface area contributed by atoms with E-state index in [0.717, 1.165) is 24.5 Å². The molecule has 0 aromatic heterocycles. The lowest BCUT2D eigenvalue weighted by molar-refractivity contribution is -0.113. The normalized spacial score (nSPS) is 11.8. The van der Waals surface area contributed by atoms with E-state index in [1.165, 1.54) is 12.5 Å². The Labute approximate surface area is 175 Å². The van der Waals surface area contributed by atoms with E-state index >= 15 is 0 Å². The molecule has 0 spiro atoms. The van der Waals surface area contributed by atoms with Gasteiger partial charge in [0.15, 0.2) is 17.4 Å². The molecule has 1 nitrogen and oxygen atoms in total. The van der Waals surface area contributed by atoms with Gasteiger partial charge >= 0.3 is 0 Å². The van der Waals surface area contributed by atoms with Crippen molar-refractivity contribution in [2.45, 2.75) is 47.5 Å². The van der Waals surface area contributed by atoms with Crippen molar-refractivity contribution < 1.29 is 13.6 Å². The van der Waals surface area contributed by atoms with Gasteiger partial charge in [-0.3, -0.25) is 4.79 Å². The van der Waals surface area contributed by atoms with Crippen LogP contribution in [0.1, 0.15) is 47.5 Å². The monoisotopic (exact) mass is 400 g/mol. The molecule has 0 rings (SSSR count). The highest BCUT2D eigenvalue weighted by Gasteiger charge is 2.17. The van der Waals surface area contributed by atoms with E-state index in [1.807, 2.05) is 19.9 Å². The number of ketones is 1. The number of rotatable bonds is 10. The third-order valence-electron chi connectivity index (χ3n) is 3.76.